The van der Waals surface area contributed by atoms with Crippen molar-refractivity contribution in [3.8, 4) is 0 Å². The summed E-state index contributed by atoms with van der Waals surface area (Å²) in [5.74, 6) is 0. The molecule has 0 atom stereocenters. The first-order valence-corrected chi connectivity index (χ1v) is 5.21. The number of carboxylic acid groups (broad SMARTS) is 16. The first-order chi connectivity index (χ1) is 13.9. The molecule has 0 aromatic carbocycles. The van der Waals surface area contributed by atoms with E-state index in [4.69, 9.17) is 120 Å². The van der Waals surface area contributed by atoms with E-state index in [-0.39, 0.29) is 118 Å². The maximum absolute atomic E-state index is 8.56. The number of hydrogen-bond donors (Lipinski definition) is 16. The second-order valence-electron chi connectivity index (χ2n) is 2.26. The van der Waals surface area contributed by atoms with Crippen LogP contribution >= 0.6 is 0 Å². The van der Waals surface area contributed by atoms with Gasteiger partial charge in [0.2, 0.25) is 0 Å². The van der Waals surface area contributed by atoms with E-state index in [1.54, 1.807) is 0 Å². The predicted molar refractivity (Wildman–Crippen MR) is 114 cm³/mol. The van der Waals surface area contributed by atoms with E-state index in [9.17, 15) is 0 Å². The van der Waals surface area contributed by atoms with Crippen LogP contribution in [0.3, 0.4) is 0 Å². The van der Waals surface area contributed by atoms with Gasteiger partial charge in [-0.25, -0.2) is 38.4 Å². The van der Waals surface area contributed by atoms with Gasteiger partial charge in [-0.2, -0.15) is 0 Å². The fraction of sp³-hybridized carbons (Fsp3) is 0. The van der Waals surface area contributed by atoms with E-state index in [0.29, 0.717) is 0 Å². The molecular formula is C8H20Na4O24. The van der Waals surface area contributed by atoms with Crippen LogP contribution in [0.25, 0.3) is 0 Å². The van der Waals surface area contributed by atoms with Crippen molar-refractivity contribution in [3.63, 3.8) is 0 Å². The van der Waals surface area contributed by atoms with Crippen LogP contribution in [0.1, 0.15) is 0 Å². The van der Waals surface area contributed by atoms with Crippen LogP contribution in [-0.2, 0) is 0 Å². The van der Waals surface area contributed by atoms with Gasteiger partial charge in [-0.05, 0) is 0 Å². The molecule has 0 aromatic rings. The van der Waals surface area contributed by atoms with Crippen molar-refractivity contribution in [1.29, 1.82) is 0 Å². The van der Waals surface area contributed by atoms with Gasteiger partial charge in [-0.3, -0.25) is 0 Å². The fourth-order valence-electron chi connectivity index (χ4n) is 0. The molecule has 0 aliphatic heterocycles. The molecule has 0 rings (SSSR count). The molecule has 0 bridgehead atoms. The van der Waals surface area contributed by atoms with Gasteiger partial charge in [0, 0.05) is 0 Å². The summed E-state index contributed by atoms with van der Waals surface area (Å²) in [5, 5.41) is 112. The van der Waals surface area contributed by atoms with E-state index in [1.807, 2.05) is 0 Å². The molecule has 0 aromatic heterocycles. The zero-order valence-corrected chi connectivity index (χ0v) is 14.4. The fourth-order valence-corrected chi connectivity index (χ4v) is 0. The van der Waals surface area contributed by atoms with Gasteiger partial charge < -0.3 is 81.7 Å². The van der Waals surface area contributed by atoms with Crippen molar-refractivity contribution >= 4 is 167 Å². The zero-order chi connectivity index (χ0) is 28.6. The third-order valence-electron chi connectivity index (χ3n) is 0. The van der Waals surface area contributed by atoms with Crippen LogP contribution in [0, 0.1) is 0 Å². The predicted octanol–water partition coefficient (Wildman–Crippen LogP) is -0.815. The van der Waals surface area contributed by atoms with Crippen LogP contribution < -0.4 is 0 Å². The first kappa shape index (κ1) is 76.5. The SMILES string of the molecule is O=C(O)O.O=C(O)O.O=C(O)O.O=C(O)O.O=C(O)O.O=C(O)O.O=C(O)O.O=C(O)O.[NaH].[NaH].[NaH].[NaH]. The van der Waals surface area contributed by atoms with Gasteiger partial charge in [-0.15, -0.1) is 0 Å². The van der Waals surface area contributed by atoms with E-state index < -0.39 is 49.2 Å². The van der Waals surface area contributed by atoms with E-state index >= 15 is 0 Å². The van der Waals surface area contributed by atoms with Gasteiger partial charge in [0.15, 0.2) is 0 Å². The van der Waals surface area contributed by atoms with Crippen molar-refractivity contribution in [2.24, 2.45) is 0 Å². The van der Waals surface area contributed by atoms with Gasteiger partial charge in [0.25, 0.3) is 0 Å². The summed E-state index contributed by atoms with van der Waals surface area (Å²) in [6.07, 6.45) is -14.7. The zero-order valence-electron chi connectivity index (χ0n) is 14.4. The van der Waals surface area contributed by atoms with Gasteiger partial charge >= 0.3 is 167 Å². The molecule has 0 saturated carbocycles. The van der Waals surface area contributed by atoms with Crippen LogP contribution in [0.15, 0.2) is 0 Å². The van der Waals surface area contributed by atoms with Crippen molar-refractivity contribution < 1.29 is 120 Å². The molecule has 0 spiro atoms. The van der Waals surface area contributed by atoms with Gasteiger partial charge in [0.05, 0.1) is 0 Å². The Morgan fingerprint density at radius 1 is 0.194 bits per heavy atom. The second kappa shape index (κ2) is 69.8. The Morgan fingerprint density at radius 2 is 0.194 bits per heavy atom. The molecule has 0 unspecified atom stereocenters. The molecule has 200 valence electrons. The summed E-state index contributed by atoms with van der Waals surface area (Å²) in [6, 6.07) is 0. The Labute approximate surface area is 284 Å². The van der Waals surface area contributed by atoms with E-state index in [2.05, 4.69) is 0 Å². The maximum atomic E-state index is 8.56. The minimum absolute atomic E-state index is 0. The average molecular weight is 592 g/mol. The molecule has 36 heavy (non-hydrogen) atoms. The standard InChI is InChI=1S/8CH2O3.4Na.4H/c8*2-1(3)4;;;;;;;;/h8*(H2,2,3,4);;;;;;;;. The molecule has 0 aliphatic rings. The Bertz CT molecular complexity index is 372. The van der Waals surface area contributed by atoms with E-state index in [0.717, 1.165) is 0 Å². The number of carbonyl (C=O) groups is 8. The number of hydrogen-bond acceptors (Lipinski definition) is 8. The molecule has 24 nitrogen and oxygen atoms in total. The average Bonchev–Trinajstić information content (AvgIpc) is 2.30. The summed E-state index contributed by atoms with van der Waals surface area (Å²) in [6.45, 7) is 0. The molecule has 0 amide bonds. The Kier molecular flexibility index (Phi) is 148. The molecule has 28 heteroatoms. The monoisotopic (exact) mass is 592 g/mol. The molecule has 0 heterocycles. The molecule has 0 fully saturated rings. The number of rotatable bonds is 0. The summed E-state index contributed by atoms with van der Waals surface area (Å²) in [4.78, 5) is 68.4. The van der Waals surface area contributed by atoms with Crippen LogP contribution in [0.4, 0.5) is 38.4 Å². The van der Waals surface area contributed by atoms with Gasteiger partial charge in [0.1, 0.15) is 0 Å². The van der Waals surface area contributed by atoms with Crippen molar-refractivity contribution in [3.05, 3.63) is 0 Å². The molecule has 16 N–H and O–H groups in total. The van der Waals surface area contributed by atoms with Gasteiger partial charge in [-0.1, -0.05) is 0 Å². The summed E-state index contributed by atoms with van der Waals surface area (Å²) in [5.41, 5.74) is 0. The van der Waals surface area contributed by atoms with Crippen molar-refractivity contribution in [1.82, 2.24) is 0 Å². The van der Waals surface area contributed by atoms with Crippen LogP contribution in [-0.4, -0.2) is 249 Å². The van der Waals surface area contributed by atoms with E-state index in [1.165, 1.54) is 0 Å². The van der Waals surface area contributed by atoms with Crippen molar-refractivity contribution in [2.45, 2.75) is 0 Å². The van der Waals surface area contributed by atoms with Crippen LogP contribution in [0.5, 0.6) is 0 Å². The summed E-state index contributed by atoms with van der Waals surface area (Å²) >= 11 is 0. The Morgan fingerprint density at radius 3 is 0.194 bits per heavy atom. The second-order valence-corrected chi connectivity index (χ2v) is 2.26. The quantitative estimate of drug-likeness (QED) is 0.153. The third-order valence-corrected chi connectivity index (χ3v) is 0. The Balaban J connectivity index is -0.0000000180. The minimum atomic E-state index is -1.83. The molecular weight excluding hydrogens is 572 g/mol. The molecule has 0 saturated heterocycles. The topological polar surface area (TPSA) is 460 Å². The van der Waals surface area contributed by atoms with Crippen LogP contribution in [0.2, 0.25) is 0 Å². The molecule has 0 aliphatic carbocycles. The summed E-state index contributed by atoms with van der Waals surface area (Å²) in [7, 11) is 0. The molecule has 0 radical (unpaired) electrons. The summed E-state index contributed by atoms with van der Waals surface area (Å²) < 4.78 is 0. The Hall–Kier alpha value is -1.84. The normalized spacial score (nSPS) is 5.33. The van der Waals surface area contributed by atoms with Crippen molar-refractivity contribution in [2.75, 3.05) is 0 Å². The first-order valence-electron chi connectivity index (χ1n) is 5.21. The third kappa shape index (κ3) is 9220.